The van der Waals surface area contributed by atoms with Crippen LogP contribution < -0.4 is 5.56 Å². The van der Waals surface area contributed by atoms with Crippen LogP contribution in [0.15, 0.2) is 82.5 Å². The van der Waals surface area contributed by atoms with E-state index in [-0.39, 0.29) is 4.90 Å². The second kappa shape index (κ2) is 7.46. The summed E-state index contributed by atoms with van der Waals surface area (Å²) in [4.78, 5) is 13.0. The van der Waals surface area contributed by atoms with E-state index in [1.165, 1.54) is 12.1 Å². The van der Waals surface area contributed by atoms with Gasteiger partial charge in [-0.1, -0.05) is 59.6 Å². The molecule has 4 rings (SSSR count). The van der Waals surface area contributed by atoms with Crippen molar-refractivity contribution in [2.45, 2.75) is 18.2 Å². The van der Waals surface area contributed by atoms with Crippen LogP contribution in [0.2, 0.25) is 5.02 Å². The van der Waals surface area contributed by atoms with Crippen molar-refractivity contribution in [3.8, 4) is 0 Å². The Morgan fingerprint density at radius 1 is 0.897 bits per heavy atom. The van der Waals surface area contributed by atoms with Crippen LogP contribution in [0.5, 0.6) is 0 Å². The molecule has 4 aromatic rings. The number of fused-ring (bicyclic) bond motifs is 1. The third-order valence-corrected chi connectivity index (χ3v) is 6.51. The third-order valence-electron chi connectivity index (χ3n) is 4.68. The standard InChI is InChI=1S/C22H17ClN2O3S/c1-15-6-12-18(13-7-15)29(27,28)25-22(26)20-5-3-2-4-19(20)21(24-25)14-16-8-10-17(23)11-9-16/h2-13H,14H2,1H3. The zero-order chi connectivity index (χ0) is 20.6. The predicted octanol–water partition coefficient (Wildman–Crippen LogP) is 4.19. The number of benzene rings is 3. The third kappa shape index (κ3) is 3.69. The van der Waals surface area contributed by atoms with Gasteiger partial charge in [-0.25, -0.2) is 0 Å². The van der Waals surface area contributed by atoms with Gasteiger partial charge < -0.3 is 0 Å². The van der Waals surface area contributed by atoms with Crippen molar-refractivity contribution in [1.29, 1.82) is 0 Å². The van der Waals surface area contributed by atoms with E-state index in [4.69, 9.17) is 11.6 Å². The predicted molar refractivity (Wildman–Crippen MR) is 114 cm³/mol. The zero-order valence-electron chi connectivity index (χ0n) is 15.5. The smallest absolute Gasteiger partial charge is 0.266 e. The Balaban J connectivity index is 1.93. The van der Waals surface area contributed by atoms with Crippen LogP contribution in [0.1, 0.15) is 16.8 Å². The van der Waals surface area contributed by atoms with E-state index >= 15 is 0 Å². The lowest BCUT2D eigenvalue weighted by molar-refractivity contribution is 0.575. The normalized spacial score (nSPS) is 11.7. The average Bonchev–Trinajstić information content (AvgIpc) is 2.72. The molecule has 0 N–H and O–H groups in total. The molecule has 0 radical (unpaired) electrons. The van der Waals surface area contributed by atoms with Crippen LogP contribution >= 0.6 is 11.6 Å². The minimum absolute atomic E-state index is 0.0189. The van der Waals surface area contributed by atoms with Gasteiger partial charge in [-0.05, 0) is 42.8 Å². The van der Waals surface area contributed by atoms with Crippen LogP contribution in [0.4, 0.5) is 0 Å². The second-order valence-electron chi connectivity index (χ2n) is 6.76. The quantitative estimate of drug-likeness (QED) is 0.492. The van der Waals surface area contributed by atoms with Gasteiger partial charge in [0.15, 0.2) is 0 Å². The summed E-state index contributed by atoms with van der Waals surface area (Å²) < 4.78 is 26.9. The molecule has 5 nitrogen and oxygen atoms in total. The Hall–Kier alpha value is -2.96. The van der Waals surface area contributed by atoms with Gasteiger partial charge in [-0.15, -0.1) is 4.09 Å². The number of aromatic nitrogens is 2. The van der Waals surface area contributed by atoms with Crippen molar-refractivity contribution < 1.29 is 8.42 Å². The van der Waals surface area contributed by atoms with E-state index in [9.17, 15) is 13.2 Å². The van der Waals surface area contributed by atoms with Gasteiger partial charge in [-0.3, -0.25) is 4.79 Å². The van der Waals surface area contributed by atoms with Crippen LogP contribution in [0.3, 0.4) is 0 Å². The second-order valence-corrected chi connectivity index (χ2v) is 8.97. The lowest BCUT2D eigenvalue weighted by Gasteiger charge is -2.12. The molecule has 0 spiro atoms. The molecule has 0 unspecified atom stereocenters. The van der Waals surface area contributed by atoms with E-state index in [0.29, 0.717) is 32.0 Å². The number of hydrogen-bond donors (Lipinski definition) is 0. The van der Waals surface area contributed by atoms with Crippen LogP contribution in [0, 0.1) is 6.92 Å². The molecule has 0 saturated heterocycles. The number of rotatable bonds is 4. The highest BCUT2D eigenvalue weighted by Gasteiger charge is 2.22. The summed E-state index contributed by atoms with van der Waals surface area (Å²) in [6.45, 7) is 1.86. The minimum atomic E-state index is -4.13. The molecule has 0 fully saturated rings. The average molecular weight is 425 g/mol. The summed E-state index contributed by atoms with van der Waals surface area (Å²) in [7, 11) is -4.13. The Bertz CT molecular complexity index is 1360. The van der Waals surface area contributed by atoms with Gasteiger partial charge in [-0.2, -0.15) is 13.5 Å². The van der Waals surface area contributed by atoms with E-state index in [1.807, 2.05) is 19.1 Å². The number of aryl methyl sites for hydroxylation is 1. The first-order valence-corrected chi connectivity index (χ1v) is 10.8. The fourth-order valence-electron chi connectivity index (χ4n) is 3.13. The summed E-state index contributed by atoms with van der Waals surface area (Å²) in [5.41, 5.74) is 1.66. The molecular weight excluding hydrogens is 408 g/mol. The lowest BCUT2D eigenvalue weighted by Crippen LogP contribution is -2.31. The Kier molecular flexibility index (Phi) is 4.98. The van der Waals surface area contributed by atoms with Gasteiger partial charge in [0.2, 0.25) is 0 Å². The summed E-state index contributed by atoms with van der Waals surface area (Å²) in [6, 6.07) is 20.5. The van der Waals surface area contributed by atoms with Crippen molar-refractivity contribution >= 4 is 32.4 Å². The van der Waals surface area contributed by atoms with E-state index in [0.717, 1.165) is 11.1 Å². The summed E-state index contributed by atoms with van der Waals surface area (Å²) >= 11 is 5.95. The van der Waals surface area contributed by atoms with Crippen LogP contribution in [-0.4, -0.2) is 17.6 Å². The minimum Gasteiger partial charge on any atom is -0.266 e. The summed E-state index contributed by atoms with van der Waals surface area (Å²) in [5, 5.41) is 5.82. The Labute approximate surface area is 173 Å². The highest BCUT2D eigenvalue weighted by molar-refractivity contribution is 7.89. The van der Waals surface area contributed by atoms with E-state index < -0.39 is 15.6 Å². The molecule has 0 aliphatic carbocycles. The molecule has 0 aliphatic rings. The largest absolute Gasteiger partial charge is 0.289 e. The fraction of sp³-hybridized carbons (Fsp3) is 0.0909. The molecule has 1 aromatic heterocycles. The fourth-order valence-corrected chi connectivity index (χ4v) is 4.46. The number of halogens is 1. The molecule has 0 atom stereocenters. The maximum Gasteiger partial charge on any atom is 0.289 e. The van der Waals surface area contributed by atoms with Crippen molar-refractivity contribution in [2.75, 3.05) is 0 Å². The van der Waals surface area contributed by atoms with Gasteiger partial charge in [0.05, 0.1) is 16.0 Å². The Morgan fingerprint density at radius 2 is 1.52 bits per heavy atom. The molecule has 1 heterocycles. The molecule has 7 heteroatoms. The van der Waals surface area contributed by atoms with Crippen LogP contribution in [-0.2, 0) is 16.4 Å². The Morgan fingerprint density at radius 3 is 2.17 bits per heavy atom. The molecule has 29 heavy (non-hydrogen) atoms. The zero-order valence-corrected chi connectivity index (χ0v) is 17.1. The maximum atomic E-state index is 13.1. The SMILES string of the molecule is Cc1ccc(S(=O)(=O)n2nc(Cc3ccc(Cl)cc3)c3ccccc3c2=O)cc1. The number of hydrogen-bond acceptors (Lipinski definition) is 4. The highest BCUT2D eigenvalue weighted by atomic mass is 35.5. The lowest BCUT2D eigenvalue weighted by atomic mass is 10.0. The van der Waals surface area contributed by atoms with Gasteiger partial charge in [0.25, 0.3) is 15.6 Å². The topological polar surface area (TPSA) is 69.0 Å². The first-order valence-electron chi connectivity index (χ1n) is 8.94. The van der Waals surface area contributed by atoms with Gasteiger partial charge >= 0.3 is 0 Å². The molecule has 3 aromatic carbocycles. The summed E-state index contributed by atoms with van der Waals surface area (Å²) in [5.74, 6) is 0. The maximum absolute atomic E-state index is 13.1. The van der Waals surface area contributed by atoms with Crippen molar-refractivity contribution in [3.05, 3.63) is 105 Å². The van der Waals surface area contributed by atoms with E-state index in [1.54, 1.807) is 48.5 Å². The molecule has 0 bridgehead atoms. The van der Waals surface area contributed by atoms with E-state index in [2.05, 4.69) is 5.10 Å². The van der Waals surface area contributed by atoms with Gasteiger partial charge in [0, 0.05) is 16.8 Å². The van der Waals surface area contributed by atoms with Crippen LogP contribution in [0.25, 0.3) is 10.8 Å². The molecule has 0 saturated carbocycles. The number of nitrogens with zero attached hydrogens (tertiary/aromatic N) is 2. The van der Waals surface area contributed by atoms with Crippen molar-refractivity contribution in [2.24, 2.45) is 0 Å². The van der Waals surface area contributed by atoms with Gasteiger partial charge in [0.1, 0.15) is 0 Å². The molecule has 0 aliphatic heterocycles. The first kappa shape index (κ1) is 19.4. The molecule has 146 valence electrons. The highest BCUT2D eigenvalue weighted by Crippen LogP contribution is 2.20. The molecular formula is C22H17ClN2O3S. The molecule has 0 amide bonds. The summed E-state index contributed by atoms with van der Waals surface area (Å²) in [6.07, 6.45) is 0.362. The first-order chi connectivity index (χ1) is 13.9. The van der Waals surface area contributed by atoms with Crippen molar-refractivity contribution in [1.82, 2.24) is 9.19 Å². The van der Waals surface area contributed by atoms with Crippen molar-refractivity contribution in [3.63, 3.8) is 0 Å². The monoisotopic (exact) mass is 424 g/mol.